The van der Waals surface area contributed by atoms with E-state index in [9.17, 15) is 4.79 Å². The summed E-state index contributed by atoms with van der Waals surface area (Å²) in [5, 5.41) is 5.20. The first-order valence-electron chi connectivity index (χ1n) is 9.29. The van der Waals surface area contributed by atoms with Crippen LogP contribution in [0, 0.1) is 0 Å². The van der Waals surface area contributed by atoms with Crippen LogP contribution in [0.4, 0.5) is 5.13 Å². The van der Waals surface area contributed by atoms with Gasteiger partial charge in [0.1, 0.15) is 5.75 Å². The molecule has 0 saturated carbocycles. The molecule has 0 bridgehead atoms. The summed E-state index contributed by atoms with van der Waals surface area (Å²) in [6, 6.07) is 10.9. The molecule has 3 rings (SSSR count). The van der Waals surface area contributed by atoms with Gasteiger partial charge in [-0.15, -0.1) is 11.3 Å². The van der Waals surface area contributed by atoms with Crippen LogP contribution in [0.2, 0.25) is 0 Å². The topological polar surface area (TPSA) is 78.9 Å². The van der Waals surface area contributed by atoms with Gasteiger partial charge in [-0.25, -0.2) is 4.98 Å². The molecule has 30 heavy (non-hydrogen) atoms. The first-order valence-corrected chi connectivity index (χ1v) is 10.2. The van der Waals surface area contributed by atoms with Gasteiger partial charge < -0.3 is 18.9 Å². The van der Waals surface area contributed by atoms with E-state index in [1.165, 1.54) is 32.7 Å². The molecule has 7 nitrogen and oxygen atoms in total. The van der Waals surface area contributed by atoms with Crippen LogP contribution in [-0.4, -0.2) is 38.3 Å². The number of aromatic nitrogens is 1. The summed E-state index contributed by atoms with van der Waals surface area (Å²) in [4.78, 5) is 17.2. The van der Waals surface area contributed by atoms with Gasteiger partial charge >= 0.3 is 0 Å². The monoisotopic (exact) mass is 428 g/mol. The van der Waals surface area contributed by atoms with Gasteiger partial charge in [0.25, 0.3) is 5.91 Å². The molecule has 0 radical (unpaired) electrons. The zero-order valence-corrected chi connectivity index (χ0v) is 18.3. The SMILES string of the molecule is COc1cc(C(=O)Nc2nc(-c3ccc(OC(C)C)cc3)cs2)cc(OC)c1OC. The Labute approximate surface area is 179 Å². The average molecular weight is 429 g/mol. The molecule has 1 N–H and O–H groups in total. The fraction of sp³-hybridized carbons (Fsp3) is 0.273. The molecule has 0 aliphatic carbocycles. The van der Waals surface area contributed by atoms with Crippen LogP contribution in [0.5, 0.6) is 23.0 Å². The second-order valence-electron chi connectivity index (χ2n) is 6.60. The number of benzene rings is 2. The molecule has 2 aromatic carbocycles. The van der Waals surface area contributed by atoms with Crippen LogP contribution in [0.1, 0.15) is 24.2 Å². The first-order chi connectivity index (χ1) is 14.4. The predicted octanol–water partition coefficient (Wildman–Crippen LogP) is 4.88. The van der Waals surface area contributed by atoms with Gasteiger partial charge in [-0.2, -0.15) is 0 Å². The maximum absolute atomic E-state index is 12.7. The van der Waals surface area contributed by atoms with Crippen molar-refractivity contribution in [2.45, 2.75) is 20.0 Å². The summed E-state index contributed by atoms with van der Waals surface area (Å²) in [7, 11) is 4.52. The Balaban J connectivity index is 1.76. The second kappa shape index (κ2) is 9.49. The smallest absolute Gasteiger partial charge is 0.257 e. The molecule has 0 atom stereocenters. The minimum Gasteiger partial charge on any atom is -0.493 e. The van der Waals surface area contributed by atoms with Crippen molar-refractivity contribution in [1.82, 2.24) is 4.98 Å². The number of carbonyl (C=O) groups is 1. The molecule has 0 unspecified atom stereocenters. The van der Waals surface area contributed by atoms with Gasteiger partial charge in [0.05, 0.1) is 33.1 Å². The Bertz CT molecular complexity index is 990. The third-order valence-electron chi connectivity index (χ3n) is 4.17. The molecule has 0 spiro atoms. The largest absolute Gasteiger partial charge is 0.493 e. The summed E-state index contributed by atoms with van der Waals surface area (Å²) in [6.45, 7) is 3.97. The van der Waals surface area contributed by atoms with Gasteiger partial charge in [0.2, 0.25) is 5.75 Å². The standard InChI is InChI=1S/C22H24N2O5S/c1-13(2)29-16-8-6-14(7-9-16)17-12-30-22(23-17)24-21(25)15-10-18(26-3)20(28-5)19(11-15)27-4/h6-13H,1-5H3,(H,23,24,25). The van der Waals surface area contributed by atoms with Crippen LogP contribution in [-0.2, 0) is 0 Å². The molecule has 8 heteroatoms. The Morgan fingerprint density at radius 3 is 2.17 bits per heavy atom. The maximum Gasteiger partial charge on any atom is 0.257 e. The van der Waals surface area contributed by atoms with Crippen molar-refractivity contribution < 1.29 is 23.7 Å². The summed E-state index contributed by atoms with van der Waals surface area (Å²) >= 11 is 1.35. The number of thiazole rings is 1. The number of hydrogen-bond acceptors (Lipinski definition) is 7. The Morgan fingerprint density at radius 1 is 1.00 bits per heavy atom. The number of ether oxygens (including phenoxy) is 4. The van der Waals surface area contributed by atoms with Crippen LogP contribution in [0.3, 0.4) is 0 Å². The van der Waals surface area contributed by atoms with Gasteiger partial charge in [-0.05, 0) is 50.2 Å². The van der Waals surface area contributed by atoms with Gasteiger partial charge in [-0.3, -0.25) is 10.1 Å². The van der Waals surface area contributed by atoms with Crippen molar-refractivity contribution in [3.8, 4) is 34.3 Å². The molecule has 0 aliphatic rings. The molecular formula is C22H24N2O5S. The van der Waals surface area contributed by atoms with E-state index in [-0.39, 0.29) is 12.0 Å². The number of carbonyl (C=O) groups excluding carboxylic acids is 1. The average Bonchev–Trinajstić information content (AvgIpc) is 3.21. The van der Waals surface area contributed by atoms with Crippen molar-refractivity contribution in [2.24, 2.45) is 0 Å². The highest BCUT2D eigenvalue weighted by molar-refractivity contribution is 7.14. The Hall–Kier alpha value is -3.26. The lowest BCUT2D eigenvalue weighted by molar-refractivity contribution is 0.102. The minimum atomic E-state index is -0.323. The number of anilines is 1. The third-order valence-corrected chi connectivity index (χ3v) is 4.93. The van der Waals surface area contributed by atoms with Crippen molar-refractivity contribution >= 4 is 22.4 Å². The van der Waals surface area contributed by atoms with Crippen molar-refractivity contribution in [3.05, 3.63) is 47.3 Å². The molecule has 0 saturated heterocycles. The second-order valence-corrected chi connectivity index (χ2v) is 7.46. The van der Waals surface area contributed by atoms with Crippen LogP contribution in [0.15, 0.2) is 41.8 Å². The molecule has 1 heterocycles. The van der Waals surface area contributed by atoms with Crippen LogP contribution in [0.25, 0.3) is 11.3 Å². The van der Waals surface area contributed by atoms with Gasteiger partial charge in [0, 0.05) is 16.5 Å². The van der Waals surface area contributed by atoms with E-state index in [1.807, 2.05) is 43.5 Å². The van der Waals surface area contributed by atoms with E-state index in [0.29, 0.717) is 27.9 Å². The summed E-state index contributed by atoms with van der Waals surface area (Å²) in [6.07, 6.45) is 0.118. The van der Waals surface area contributed by atoms with Crippen LogP contribution >= 0.6 is 11.3 Å². The third kappa shape index (κ3) is 4.83. The fourth-order valence-electron chi connectivity index (χ4n) is 2.82. The first kappa shape index (κ1) is 21.4. The highest BCUT2D eigenvalue weighted by Crippen LogP contribution is 2.38. The summed E-state index contributed by atoms with van der Waals surface area (Å²) < 4.78 is 21.6. The lowest BCUT2D eigenvalue weighted by atomic mass is 10.1. The van der Waals surface area contributed by atoms with Crippen molar-refractivity contribution in [2.75, 3.05) is 26.6 Å². The highest BCUT2D eigenvalue weighted by atomic mass is 32.1. The van der Waals surface area contributed by atoms with E-state index >= 15 is 0 Å². The number of nitrogens with zero attached hydrogens (tertiary/aromatic N) is 1. The van der Waals surface area contributed by atoms with Crippen molar-refractivity contribution in [1.29, 1.82) is 0 Å². The van der Waals surface area contributed by atoms with E-state index in [4.69, 9.17) is 18.9 Å². The molecule has 1 amide bonds. The lowest BCUT2D eigenvalue weighted by Crippen LogP contribution is -2.12. The van der Waals surface area contributed by atoms with E-state index in [0.717, 1.165) is 17.0 Å². The Morgan fingerprint density at radius 2 is 1.63 bits per heavy atom. The molecule has 1 aromatic heterocycles. The quantitative estimate of drug-likeness (QED) is 0.551. The van der Waals surface area contributed by atoms with E-state index < -0.39 is 0 Å². The Kier molecular flexibility index (Phi) is 6.79. The number of amides is 1. The number of nitrogens with one attached hydrogen (secondary N) is 1. The molecule has 158 valence electrons. The zero-order chi connectivity index (χ0) is 21.7. The number of methoxy groups -OCH3 is 3. The number of hydrogen-bond donors (Lipinski definition) is 1. The van der Waals surface area contributed by atoms with Crippen molar-refractivity contribution in [3.63, 3.8) is 0 Å². The predicted molar refractivity (Wildman–Crippen MR) is 117 cm³/mol. The number of rotatable bonds is 8. The van der Waals surface area contributed by atoms with Crippen LogP contribution < -0.4 is 24.3 Å². The van der Waals surface area contributed by atoms with E-state index in [1.54, 1.807) is 12.1 Å². The normalized spacial score (nSPS) is 10.6. The molecule has 0 aliphatic heterocycles. The van der Waals surface area contributed by atoms with E-state index in [2.05, 4.69) is 10.3 Å². The van der Waals surface area contributed by atoms with Gasteiger partial charge in [0.15, 0.2) is 16.6 Å². The summed E-state index contributed by atoms with van der Waals surface area (Å²) in [5.74, 6) is 1.73. The molecular weight excluding hydrogens is 404 g/mol. The zero-order valence-electron chi connectivity index (χ0n) is 17.5. The summed E-state index contributed by atoms with van der Waals surface area (Å²) in [5.41, 5.74) is 2.09. The van der Waals surface area contributed by atoms with Gasteiger partial charge in [-0.1, -0.05) is 0 Å². The molecule has 3 aromatic rings. The lowest BCUT2D eigenvalue weighted by Gasteiger charge is -2.13. The maximum atomic E-state index is 12.7. The molecule has 0 fully saturated rings. The highest BCUT2D eigenvalue weighted by Gasteiger charge is 2.18. The fourth-order valence-corrected chi connectivity index (χ4v) is 3.54. The minimum absolute atomic E-state index is 0.118.